The van der Waals surface area contributed by atoms with Gasteiger partial charge in [-0.25, -0.2) is 4.72 Å². The van der Waals surface area contributed by atoms with Crippen molar-refractivity contribution in [2.45, 2.75) is 6.92 Å². The number of carbonyl (C=O) groups excluding carboxylic acids is 1. The highest BCUT2D eigenvalue weighted by Crippen LogP contribution is 2.17. The smallest absolute Gasteiger partial charge is 0.370 e. The highest BCUT2D eigenvalue weighted by Gasteiger charge is 2.27. The lowest BCUT2D eigenvalue weighted by Crippen LogP contribution is -2.36. The molecule has 1 amide bonds. The second-order valence-electron chi connectivity index (χ2n) is 1.84. The van der Waals surface area contributed by atoms with Crippen LogP contribution in [0.25, 0.3) is 0 Å². The molecule has 0 unspecified atom stereocenters. The van der Waals surface area contributed by atoms with E-state index >= 15 is 0 Å². The molecule has 1 N–H and O–H groups in total. The first-order chi connectivity index (χ1) is 4.92. The van der Waals surface area contributed by atoms with Gasteiger partial charge in [-0.05, 0) is 6.92 Å². The quantitative estimate of drug-likeness (QED) is 0.552. The van der Waals surface area contributed by atoms with Gasteiger partial charge in [0.05, 0.1) is 0 Å². The lowest BCUT2D eigenvalue weighted by Gasteiger charge is -2.13. The molecule has 0 fully saturated rings. The monoisotopic (exact) mass is 200 g/mol. The first-order valence-electron chi connectivity index (χ1n) is 2.55. The molecule has 0 aliphatic carbocycles. The van der Waals surface area contributed by atoms with Crippen LogP contribution in [0.5, 0.6) is 0 Å². The minimum atomic E-state index is -3.96. The van der Waals surface area contributed by atoms with Gasteiger partial charge >= 0.3 is 10.3 Å². The number of hydrogen-bond donors (Lipinski definition) is 1. The van der Waals surface area contributed by atoms with E-state index in [-0.39, 0.29) is 10.8 Å². The number of allylic oxidation sites excluding steroid dienone is 1. The van der Waals surface area contributed by atoms with E-state index < -0.39 is 16.2 Å². The fourth-order valence-corrected chi connectivity index (χ4v) is 1.51. The first-order valence-corrected chi connectivity index (χ1v) is 4.34. The zero-order chi connectivity index (χ0) is 8.65. The van der Waals surface area contributed by atoms with Crippen molar-refractivity contribution < 1.29 is 17.4 Å². The molecule has 0 bridgehead atoms. The predicted molar refractivity (Wildman–Crippen MR) is 36.7 cm³/mol. The summed E-state index contributed by atoms with van der Waals surface area (Å²) in [5, 5.41) is -0.250. The summed E-state index contributed by atoms with van der Waals surface area (Å²) in [4.78, 5) is 10.7. The second kappa shape index (κ2) is 2.38. The third-order valence-electron chi connectivity index (χ3n) is 0.961. The Balaban J connectivity index is 3.14. The summed E-state index contributed by atoms with van der Waals surface area (Å²) in [6, 6.07) is 0. The van der Waals surface area contributed by atoms with Crippen molar-refractivity contribution in [3.8, 4) is 0 Å². The number of carbonyl (C=O) groups is 1. The minimum Gasteiger partial charge on any atom is -0.370 e. The summed E-state index contributed by atoms with van der Waals surface area (Å²) in [5.74, 6) is -0.981. The van der Waals surface area contributed by atoms with Crippen LogP contribution < -0.4 is 4.72 Å². The molecule has 0 saturated heterocycles. The van der Waals surface area contributed by atoms with Gasteiger partial charge in [0.15, 0.2) is 0 Å². The van der Waals surface area contributed by atoms with Crippen molar-refractivity contribution in [3.05, 3.63) is 10.8 Å². The molecule has 1 heterocycles. The van der Waals surface area contributed by atoms with Gasteiger partial charge in [0, 0.05) is 0 Å². The lowest BCUT2D eigenvalue weighted by atomic mass is 11.0. The van der Waals surface area contributed by atoms with Crippen LogP contribution in [-0.4, -0.2) is 14.3 Å². The fraction of sp³-hybridized carbons (Fsp3) is 0.250. The van der Waals surface area contributed by atoms with E-state index in [4.69, 9.17) is 11.6 Å². The van der Waals surface area contributed by atoms with Crippen LogP contribution in [0.2, 0.25) is 0 Å². The van der Waals surface area contributed by atoms with Gasteiger partial charge < -0.3 is 4.18 Å². The summed E-state index contributed by atoms with van der Waals surface area (Å²) in [6.07, 6.45) is 0. The highest BCUT2D eigenvalue weighted by molar-refractivity contribution is 7.85. The van der Waals surface area contributed by atoms with Crippen molar-refractivity contribution in [2.75, 3.05) is 0 Å². The van der Waals surface area contributed by atoms with Gasteiger partial charge in [-0.15, -0.1) is 0 Å². The molecule has 5 nitrogen and oxygen atoms in total. The second-order valence-corrected chi connectivity index (χ2v) is 3.50. The Kier molecular flexibility index (Phi) is 1.81. The van der Waals surface area contributed by atoms with Crippen molar-refractivity contribution in [3.63, 3.8) is 0 Å². The zero-order valence-corrected chi connectivity index (χ0v) is 6.99. The maximum absolute atomic E-state index is 10.7. The van der Waals surface area contributed by atoms with Gasteiger partial charge in [0.2, 0.25) is 0 Å². The van der Waals surface area contributed by atoms with Crippen LogP contribution in [0.3, 0.4) is 0 Å². The van der Waals surface area contributed by atoms with Crippen molar-refractivity contribution in [2.24, 2.45) is 0 Å². The number of hydrogen-bond acceptors (Lipinski definition) is 4. The summed E-state index contributed by atoms with van der Waals surface area (Å²) in [6.45, 7) is 1.29. The molecule has 1 aliphatic rings. The molecular weight excluding hydrogens is 197 g/mol. The van der Waals surface area contributed by atoms with Crippen LogP contribution in [0.4, 0.5) is 0 Å². The maximum Gasteiger partial charge on any atom is 0.409 e. The molecule has 0 spiro atoms. The summed E-state index contributed by atoms with van der Waals surface area (Å²) < 4.78 is 26.9. The SMILES string of the molecule is [13CH3][13C]1=[13C](Cl)C(=O)NS(=O)(=O)O1. The van der Waals surface area contributed by atoms with E-state index in [1.807, 2.05) is 0 Å². The molecule has 0 atom stereocenters. The van der Waals surface area contributed by atoms with Gasteiger partial charge in [-0.2, -0.15) is 8.42 Å². The Hall–Kier alpha value is -0.750. The molecule has 0 radical (unpaired) electrons. The Morgan fingerprint density at radius 3 is 2.55 bits per heavy atom. The van der Waals surface area contributed by atoms with Crippen LogP contribution in [0, 0.1) is 0 Å². The van der Waals surface area contributed by atoms with Crippen LogP contribution in [-0.2, 0) is 19.3 Å². The normalized spacial score (nSPS) is 22.5. The molecule has 0 aromatic heterocycles. The number of halogens is 1. The summed E-state index contributed by atoms with van der Waals surface area (Å²) in [5.41, 5.74) is 0. The van der Waals surface area contributed by atoms with E-state index in [0.29, 0.717) is 0 Å². The van der Waals surface area contributed by atoms with Gasteiger partial charge in [-0.1, -0.05) is 11.6 Å². The largest absolute Gasteiger partial charge is 0.409 e. The average molecular weight is 201 g/mol. The number of nitrogens with one attached hydrogen (secondary N) is 1. The van der Waals surface area contributed by atoms with Crippen molar-refractivity contribution in [1.82, 2.24) is 4.72 Å². The van der Waals surface area contributed by atoms with Crippen molar-refractivity contribution in [1.29, 1.82) is 0 Å². The third-order valence-corrected chi connectivity index (χ3v) is 2.30. The van der Waals surface area contributed by atoms with E-state index in [1.165, 1.54) is 6.92 Å². The molecule has 7 heteroatoms. The van der Waals surface area contributed by atoms with Gasteiger partial charge in [0.1, 0.15) is 10.8 Å². The number of rotatable bonds is 0. The van der Waals surface area contributed by atoms with Gasteiger partial charge in [0.25, 0.3) is 5.91 Å². The predicted octanol–water partition coefficient (Wildman–Crippen LogP) is -0.152. The molecule has 62 valence electrons. The Labute approximate surface area is 68.2 Å². The summed E-state index contributed by atoms with van der Waals surface area (Å²) in [7, 11) is -3.96. The maximum atomic E-state index is 10.7. The molecule has 1 aliphatic heterocycles. The fourth-order valence-electron chi connectivity index (χ4n) is 0.540. The topological polar surface area (TPSA) is 72.5 Å². The molecule has 1 rings (SSSR count). The lowest BCUT2D eigenvalue weighted by molar-refractivity contribution is -0.115. The van der Waals surface area contributed by atoms with E-state index in [1.54, 1.807) is 4.72 Å². The average Bonchev–Trinajstić information content (AvgIpc) is 1.81. The molecule has 0 saturated carbocycles. The first kappa shape index (κ1) is 8.35. The van der Waals surface area contributed by atoms with Crippen LogP contribution in [0.1, 0.15) is 6.92 Å². The molecule has 0 aromatic rings. The Morgan fingerprint density at radius 1 is 1.55 bits per heavy atom. The van der Waals surface area contributed by atoms with Crippen LogP contribution in [0.15, 0.2) is 10.8 Å². The zero-order valence-electron chi connectivity index (χ0n) is 5.42. The van der Waals surface area contributed by atoms with Crippen LogP contribution >= 0.6 is 11.6 Å². The van der Waals surface area contributed by atoms with Gasteiger partial charge in [-0.3, -0.25) is 4.79 Å². The molecule has 11 heavy (non-hydrogen) atoms. The summed E-state index contributed by atoms with van der Waals surface area (Å²) >= 11 is 5.32. The standard InChI is InChI=1S/C4H4ClNO4S/c1-2-3(5)4(7)6-11(8,9)10-2/h1H3,(H,6,7)/i1+1,2+1,3+1. The Bertz CT molecular complexity index is 330. The molecular formula is C4H4ClNO4S. The molecule has 0 aromatic carbocycles. The van der Waals surface area contributed by atoms with E-state index in [9.17, 15) is 13.2 Å². The highest BCUT2D eigenvalue weighted by atomic mass is 35.5. The van der Waals surface area contributed by atoms with E-state index in [0.717, 1.165) is 0 Å². The number of amides is 1. The third kappa shape index (κ3) is 1.63. The van der Waals surface area contributed by atoms with E-state index in [2.05, 4.69) is 4.18 Å². The Morgan fingerprint density at radius 2 is 2.09 bits per heavy atom. The minimum absolute atomic E-state index is 0.115. The van der Waals surface area contributed by atoms with Crippen molar-refractivity contribution >= 4 is 27.8 Å².